The fraction of sp³-hybridized carbons (Fsp3) is 0.174. The number of hydrogen-bond acceptors (Lipinski definition) is 4. The Morgan fingerprint density at radius 1 is 1.23 bits per heavy atom. The Balaban J connectivity index is 1.55. The average molecular weight is 440 g/mol. The zero-order chi connectivity index (χ0) is 22.0. The lowest BCUT2D eigenvalue weighted by atomic mass is 10.1. The molecule has 1 aliphatic heterocycles. The molecule has 0 unspecified atom stereocenters. The van der Waals surface area contributed by atoms with Crippen molar-refractivity contribution in [1.82, 2.24) is 4.98 Å². The summed E-state index contributed by atoms with van der Waals surface area (Å²) in [6.45, 7) is 2.07. The molecule has 2 aromatic carbocycles. The molecule has 158 valence electrons. The average Bonchev–Trinajstić information content (AvgIpc) is 3.19. The van der Waals surface area contributed by atoms with Crippen molar-refractivity contribution >= 4 is 40.6 Å². The van der Waals surface area contributed by atoms with Gasteiger partial charge in [-0.05, 0) is 41.5 Å². The zero-order valence-electron chi connectivity index (χ0n) is 16.7. The van der Waals surface area contributed by atoms with E-state index in [0.717, 1.165) is 17.7 Å². The van der Waals surface area contributed by atoms with Crippen molar-refractivity contribution in [2.45, 2.75) is 19.8 Å². The summed E-state index contributed by atoms with van der Waals surface area (Å²) < 4.78 is 19.1. The number of fused-ring (bicyclic) bond motifs is 1. The summed E-state index contributed by atoms with van der Waals surface area (Å²) in [5.74, 6) is 0.0234. The van der Waals surface area contributed by atoms with Gasteiger partial charge in [-0.25, -0.2) is 9.37 Å². The number of halogens is 2. The molecule has 3 aromatic rings. The summed E-state index contributed by atoms with van der Waals surface area (Å²) in [6, 6.07) is 13.1. The van der Waals surface area contributed by atoms with E-state index >= 15 is 0 Å². The van der Waals surface area contributed by atoms with Crippen molar-refractivity contribution in [1.29, 1.82) is 0 Å². The van der Waals surface area contributed by atoms with Crippen LogP contribution in [0.15, 0.2) is 54.7 Å². The highest BCUT2D eigenvalue weighted by Crippen LogP contribution is 2.33. The minimum Gasteiger partial charge on any atom is -0.493 e. The largest absolute Gasteiger partial charge is 0.493 e. The number of hydrogen-bond donors (Lipinski definition) is 1. The number of pyridine rings is 1. The fourth-order valence-electron chi connectivity index (χ4n) is 3.47. The Morgan fingerprint density at radius 2 is 2.06 bits per heavy atom. The van der Waals surface area contributed by atoms with Gasteiger partial charge in [0.2, 0.25) is 11.8 Å². The van der Waals surface area contributed by atoms with Gasteiger partial charge in [0.25, 0.3) is 0 Å². The van der Waals surface area contributed by atoms with Crippen molar-refractivity contribution in [2.75, 3.05) is 16.8 Å². The highest BCUT2D eigenvalue weighted by molar-refractivity contribution is 6.31. The smallest absolute Gasteiger partial charge is 0.229 e. The van der Waals surface area contributed by atoms with E-state index in [2.05, 4.69) is 10.3 Å². The first-order valence-electron chi connectivity index (χ1n) is 9.67. The first-order chi connectivity index (χ1) is 14.9. The SMILES string of the molecule is CC(=O)N(c1ccc2c(c1)CCO2)c1cc(NC(=O)Cc2cccc(F)c2Cl)ccn1. The molecule has 1 aromatic heterocycles. The summed E-state index contributed by atoms with van der Waals surface area (Å²) >= 11 is 5.93. The zero-order valence-corrected chi connectivity index (χ0v) is 17.4. The van der Waals surface area contributed by atoms with Crippen LogP contribution in [0.4, 0.5) is 21.6 Å². The van der Waals surface area contributed by atoms with Gasteiger partial charge < -0.3 is 10.1 Å². The molecule has 1 aliphatic rings. The molecule has 0 atom stereocenters. The Labute approximate surface area is 183 Å². The Morgan fingerprint density at radius 3 is 2.87 bits per heavy atom. The summed E-state index contributed by atoms with van der Waals surface area (Å²) in [7, 11) is 0. The molecule has 0 aliphatic carbocycles. The molecule has 0 saturated carbocycles. The molecule has 2 heterocycles. The predicted molar refractivity (Wildman–Crippen MR) is 116 cm³/mol. The van der Waals surface area contributed by atoms with Gasteiger partial charge in [0.05, 0.1) is 23.7 Å². The van der Waals surface area contributed by atoms with Crippen LogP contribution < -0.4 is 15.0 Å². The van der Waals surface area contributed by atoms with Gasteiger partial charge in [-0.15, -0.1) is 0 Å². The highest BCUT2D eigenvalue weighted by Gasteiger charge is 2.20. The monoisotopic (exact) mass is 439 g/mol. The van der Waals surface area contributed by atoms with Crippen LogP contribution in [0.25, 0.3) is 0 Å². The van der Waals surface area contributed by atoms with Gasteiger partial charge in [-0.2, -0.15) is 0 Å². The highest BCUT2D eigenvalue weighted by atomic mass is 35.5. The second-order valence-electron chi connectivity index (χ2n) is 7.09. The maximum Gasteiger partial charge on any atom is 0.229 e. The Kier molecular flexibility index (Phi) is 5.86. The lowest BCUT2D eigenvalue weighted by molar-refractivity contribution is -0.116. The lowest BCUT2D eigenvalue weighted by Gasteiger charge is -2.21. The van der Waals surface area contributed by atoms with E-state index in [1.165, 1.54) is 30.2 Å². The second kappa shape index (κ2) is 8.73. The van der Waals surface area contributed by atoms with Gasteiger partial charge in [-0.1, -0.05) is 23.7 Å². The van der Waals surface area contributed by atoms with Crippen LogP contribution in [-0.2, 0) is 22.4 Å². The number of anilines is 3. The van der Waals surface area contributed by atoms with Gasteiger partial charge >= 0.3 is 0 Å². The molecular formula is C23H19ClFN3O3. The van der Waals surface area contributed by atoms with E-state index in [0.29, 0.717) is 29.4 Å². The van der Waals surface area contributed by atoms with Crippen LogP contribution >= 0.6 is 11.6 Å². The fourth-order valence-corrected chi connectivity index (χ4v) is 3.66. The third-order valence-corrected chi connectivity index (χ3v) is 5.31. The van der Waals surface area contributed by atoms with E-state index in [4.69, 9.17) is 16.3 Å². The summed E-state index contributed by atoms with van der Waals surface area (Å²) in [4.78, 5) is 30.6. The van der Waals surface area contributed by atoms with Crippen molar-refractivity contribution < 1.29 is 18.7 Å². The van der Waals surface area contributed by atoms with Crippen LogP contribution in [-0.4, -0.2) is 23.4 Å². The van der Waals surface area contributed by atoms with Crippen LogP contribution in [0.3, 0.4) is 0 Å². The minimum atomic E-state index is -0.574. The molecule has 4 rings (SSSR count). The number of benzene rings is 2. The molecule has 0 saturated heterocycles. The summed E-state index contributed by atoms with van der Waals surface area (Å²) in [5, 5.41) is 2.67. The predicted octanol–water partition coefficient (Wildman–Crippen LogP) is 4.67. The molecule has 2 amide bonds. The van der Waals surface area contributed by atoms with Crippen molar-refractivity contribution in [2.24, 2.45) is 0 Å². The standard InChI is InChI=1S/C23H19ClFN3O3/c1-14(29)28(18-5-6-20-15(11-18)8-10-31-20)21-13-17(7-9-26-21)27-22(30)12-16-3-2-4-19(25)23(16)24/h2-7,9,11,13H,8,10,12H2,1H3,(H,26,27,30). The van der Waals surface area contributed by atoms with Crippen molar-refractivity contribution in [3.8, 4) is 5.75 Å². The normalized spacial score (nSPS) is 12.1. The molecule has 0 spiro atoms. The van der Waals surface area contributed by atoms with Gasteiger partial charge in [0.15, 0.2) is 0 Å². The molecule has 8 heteroatoms. The molecule has 1 N–H and O–H groups in total. The third-order valence-electron chi connectivity index (χ3n) is 4.89. The number of nitrogens with one attached hydrogen (secondary N) is 1. The Bertz CT molecular complexity index is 1170. The van der Waals surface area contributed by atoms with E-state index in [-0.39, 0.29) is 23.3 Å². The van der Waals surface area contributed by atoms with Gasteiger partial charge in [0.1, 0.15) is 17.4 Å². The number of aromatic nitrogens is 1. The summed E-state index contributed by atoms with van der Waals surface area (Å²) in [5.41, 5.74) is 2.54. The Hall–Kier alpha value is -3.45. The number of amides is 2. The van der Waals surface area contributed by atoms with E-state index in [9.17, 15) is 14.0 Å². The van der Waals surface area contributed by atoms with Gasteiger partial charge in [0, 0.05) is 31.3 Å². The van der Waals surface area contributed by atoms with E-state index < -0.39 is 5.82 Å². The van der Waals surface area contributed by atoms with Gasteiger partial charge in [-0.3, -0.25) is 14.5 Å². The second-order valence-corrected chi connectivity index (χ2v) is 7.46. The lowest BCUT2D eigenvalue weighted by Crippen LogP contribution is -2.24. The number of carbonyl (C=O) groups excluding carboxylic acids is 2. The number of rotatable bonds is 5. The number of nitrogens with zero attached hydrogens (tertiary/aromatic N) is 2. The number of carbonyl (C=O) groups is 2. The molecule has 0 fully saturated rings. The summed E-state index contributed by atoms with van der Waals surface area (Å²) in [6.07, 6.45) is 2.20. The van der Waals surface area contributed by atoms with Crippen LogP contribution in [0, 0.1) is 5.82 Å². The molecule has 6 nitrogen and oxygen atoms in total. The van der Waals surface area contributed by atoms with E-state index in [1.807, 2.05) is 12.1 Å². The third kappa shape index (κ3) is 4.51. The molecule has 0 radical (unpaired) electrons. The van der Waals surface area contributed by atoms with Crippen LogP contribution in [0.1, 0.15) is 18.1 Å². The topological polar surface area (TPSA) is 71.5 Å². The molecule has 0 bridgehead atoms. The van der Waals surface area contributed by atoms with Crippen molar-refractivity contribution in [3.63, 3.8) is 0 Å². The molecule has 31 heavy (non-hydrogen) atoms. The van der Waals surface area contributed by atoms with Crippen molar-refractivity contribution in [3.05, 3.63) is 76.7 Å². The quantitative estimate of drug-likeness (QED) is 0.626. The minimum absolute atomic E-state index is 0.0728. The van der Waals surface area contributed by atoms with E-state index in [1.54, 1.807) is 24.3 Å². The number of ether oxygens (including phenoxy) is 1. The first-order valence-corrected chi connectivity index (χ1v) is 10.1. The van der Waals surface area contributed by atoms with Crippen LogP contribution in [0.2, 0.25) is 5.02 Å². The van der Waals surface area contributed by atoms with Crippen LogP contribution in [0.5, 0.6) is 5.75 Å². The first kappa shape index (κ1) is 20.8. The molecular weight excluding hydrogens is 421 g/mol. The maximum absolute atomic E-state index is 13.6. The maximum atomic E-state index is 13.6.